The van der Waals surface area contributed by atoms with Crippen LogP contribution in [0.1, 0.15) is 33.1 Å². The number of rotatable bonds is 3. The Labute approximate surface area is 141 Å². The van der Waals surface area contributed by atoms with E-state index in [4.69, 9.17) is 0 Å². The van der Waals surface area contributed by atoms with Crippen molar-refractivity contribution in [3.63, 3.8) is 0 Å². The van der Waals surface area contributed by atoms with E-state index in [1.54, 1.807) is 17.2 Å². The molecule has 1 spiro atoms. The Hall–Kier alpha value is -2.18. The molecule has 0 saturated carbocycles. The number of aromatic nitrogens is 2. The number of piperidine rings is 1. The highest BCUT2D eigenvalue weighted by molar-refractivity contribution is 5.86. The van der Waals surface area contributed by atoms with E-state index in [-0.39, 0.29) is 24.4 Å². The van der Waals surface area contributed by atoms with Crippen LogP contribution in [-0.4, -0.2) is 56.8 Å². The van der Waals surface area contributed by atoms with E-state index in [2.05, 4.69) is 4.98 Å². The van der Waals surface area contributed by atoms with E-state index < -0.39 is 11.1 Å². The molecule has 3 heterocycles. The van der Waals surface area contributed by atoms with Gasteiger partial charge in [0.05, 0.1) is 5.41 Å². The lowest BCUT2D eigenvalue weighted by molar-refractivity contribution is -0.148. The lowest BCUT2D eigenvalue weighted by Gasteiger charge is -2.41. The molecule has 1 aromatic rings. The van der Waals surface area contributed by atoms with Crippen molar-refractivity contribution in [2.24, 2.45) is 5.41 Å². The van der Waals surface area contributed by atoms with Crippen LogP contribution in [0.5, 0.6) is 0 Å². The average molecular weight is 332 g/mol. The fourth-order valence-electron chi connectivity index (χ4n) is 3.81. The van der Waals surface area contributed by atoms with Crippen LogP contribution in [0, 0.1) is 5.41 Å². The molecule has 1 aromatic heterocycles. The first kappa shape index (κ1) is 16.7. The van der Waals surface area contributed by atoms with Gasteiger partial charge in [0, 0.05) is 38.1 Å². The van der Waals surface area contributed by atoms with Crippen LogP contribution in [0.4, 0.5) is 0 Å². The molecule has 0 N–H and O–H groups in total. The highest BCUT2D eigenvalue weighted by Gasteiger charge is 2.49. The van der Waals surface area contributed by atoms with E-state index in [1.807, 2.05) is 18.7 Å². The second kappa shape index (κ2) is 6.37. The van der Waals surface area contributed by atoms with Gasteiger partial charge in [0.1, 0.15) is 6.54 Å². The molecular weight excluding hydrogens is 308 g/mol. The molecule has 2 saturated heterocycles. The molecule has 7 nitrogen and oxygen atoms in total. The van der Waals surface area contributed by atoms with Gasteiger partial charge >= 0.3 is 5.69 Å². The average Bonchev–Trinajstić information content (AvgIpc) is 2.97. The van der Waals surface area contributed by atoms with Crippen LogP contribution in [0.15, 0.2) is 23.3 Å². The van der Waals surface area contributed by atoms with E-state index in [9.17, 15) is 14.4 Å². The van der Waals surface area contributed by atoms with E-state index >= 15 is 0 Å². The predicted octanol–water partition coefficient (Wildman–Crippen LogP) is 0.493. The SMILES string of the molecule is CC(C)N1CCCC2(CCN(C(=O)Cn3cccnc3=O)C2)C1=O. The number of amides is 2. The minimum atomic E-state index is -0.432. The van der Waals surface area contributed by atoms with Gasteiger partial charge in [0.25, 0.3) is 0 Å². The first-order valence-electron chi connectivity index (χ1n) is 8.53. The smallest absolute Gasteiger partial charge is 0.340 e. The summed E-state index contributed by atoms with van der Waals surface area (Å²) in [4.78, 5) is 44.4. The maximum absolute atomic E-state index is 12.9. The van der Waals surface area contributed by atoms with Crippen LogP contribution < -0.4 is 5.69 Å². The zero-order chi connectivity index (χ0) is 17.3. The van der Waals surface area contributed by atoms with Gasteiger partial charge in [-0.1, -0.05) is 0 Å². The molecule has 130 valence electrons. The fourth-order valence-corrected chi connectivity index (χ4v) is 3.81. The molecule has 0 bridgehead atoms. The zero-order valence-corrected chi connectivity index (χ0v) is 14.3. The normalized spacial score (nSPS) is 24.2. The van der Waals surface area contributed by atoms with Crippen molar-refractivity contribution in [3.05, 3.63) is 28.9 Å². The number of likely N-dealkylation sites (tertiary alicyclic amines) is 2. The van der Waals surface area contributed by atoms with Crippen molar-refractivity contribution in [3.8, 4) is 0 Å². The Morgan fingerprint density at radius 3 is 2.79 bits per heavy atom. The van der Waals surface area contributed by atoms with Crippen molar-refractivity contribution in [1.29, 1.82) is 0 Å². The summed E-state index contributed by atoms with van der Waals surface area (Å²) in [7, 11) is 0. The quantitative estimate of drug-likeness (QED) is 0.807. The van der Waals surface area contributed by atoms with Crippen LogP contribution in [0.2, 0.25) is 0 Å². The monoisotopic (exact) mass is 332 g/mol. The van der Waals surface area contributed by atoms with Gasteiger partial charge in [-0.25, -0.2) is 9.78 Å². The molecule has 0 radical (unpaired) electrons. The van der Waals surface area contributed by atoms with Crippen molar-refractivity contribution in [1.82, 2.24) is 19.4 Å². The lowest BCUT2D eigenvalue weighted by atomic mass is 9.78. The van der Waals surface area contributed by atoms with Gasteiger partial charge in [-0.2, -0.15) is 0 Å². The van der Waals surface area contributed by atoms with Crippen LogP contribution in [-0.2, 0) is 16.1 Å². The summed E-state index contributed by atoms with van der Waals surface area (Å²) >= 11 is 0. The summed E-state index contributed by atoms with van der Waals surface area (Å²) in [5.41, 5.74) is -0.863. The number of carbonyl (C=O) groups excluding carboxylic acids is 2. The molecule has 2 fully saturated rings. The molecule has 1 unspecified atom stereocenters. The number of carbonyl (C=O) groups is 2. The highest BCUT2D eigenvalue weighted by atomic mass is 16.2. The molecule has 2 aliphatic rings. The zero-order valence-electron chi connectivity index (χ0n) is 14.3. The lowest BCUT2D eigenvalue weighted by Crippen LogP contribution is -2.52. The molecular formula is C17H24N4O3. The van der Waals surface area contributed by atoms with E-state index in [1.165, 1.54) is 10.8 Å². The molecule has 2 amide bonds. The minimum Gasteiger partial charge on any atom is -0.340 e. The molecule has 1 atom stereocenters. The van der Waals surface area contributed by atoms with Gasteiger partial charge in [-0.05, 0) is 39.2 Å². The van der Waals surface area contributed by atoms with Crippen molar-refractivity contribution < 1.29 is 9.59 Å². The van der Waals surface area contributed by atoms with Gasteiger partial charge in [-0.15, -0.1) is 0 Å². The number of nitrogens with zero attached hydrogens (tertiary/aromatic N) is 4. The second-order valence-corrected chi connectivity index (χ2v) is 7.07. The Morgan fingerprint density at radius 2 is 2.08 bits per heavy atom. The van der Waals surface area contributed by atoms with Crippen LogP contribution >= 0.6 is 0 Å². The number of hydrogen-bond donors (Lipinski definition) is 0. The molecule has 3 rings (SSSR count). The molecule has 7 heteroatoms. The van der Waals surface area contributed by atoms with Crippen molar-refractivity contribution >= 4 is 11.8 Å². The Balaban J connectivity index is 1.70. The maximum Gasteiger partial charge on any atom is 0.347 e. The summed E-state index contributed by atoms with van der Waals surface area (Å²) in [5.74, 6) is 0.0500. The van der Waals surface area contributed by atoms with Crippen molar-refractivity contribution in [2.45, 2.75) is 45.7 Å². The summed E-state index contributed by atoms with van der Waals surface area (Å²) in [6.45, 7) is 5.88. The third-order valence-electron chi connectivity index (χ3n) is 5.19. The minimum absolute atomic E-state index is 0.0230. The van der Waals surface area contributed by atoms with Gasteiger partial charge in [0.15, 0.2) is 0 Å². The summed E-state index contributed by atoms with van der Waals surface area (Å²) in [5, 5.41) is 0. The maximum atomic E-state index is 12.9. The largest absolute Gasteiger partial charge is 0.347 e. The third kappa shape index (κ3) is 2.95. The Bertz CT molecular complexity index is 699. The standard InChI is InChI=1S/C17H24N4O3/c1-13(2)21-9-3-5-17(15(21)23)6-10-20(12-17)14(22)11-19-8-4-7-18-16(19)24/h4,7-8,13H,3,5-6,9-12H2,1-2H3. The topological polar surface area (TPSA) is 75.5 Å². The Morgan fingerprint density at radius 1 is 1.29 bits per heavy atom. The molecule has 2 aliphatic heterocycles. The van der Waals surface area contributed by atoms with E-state index in [0.717, 1.165) is 19.4 Å². The third-order valence-corrected chi connectivity index (χ3v) is 5.19. The first-order chi connectivity index (χ1) is 11.4. The van der Waals surface area contributed by atoms with Crippen LogP contribution in [0.25, 0.3) is 0 Å². The first-order valence-corrected chi connectivity index (χ1v) is 8.53. The van der Waals surface area contributed by atoms with Gasteiger partial charge < -0.3 is 9.80 Å². The van der Waals surface area contributed by atoms with E-state index in [0.29, 0.717) is 19.5 Å². The Kier molecular flexibility index (Phi) is 4.43. The van der Waals surface area contributed by atoms with Gasteiger partial charge in [0.2, 0.25) is 11.8 Å². The molecule has 0 aliphatic carbocycles. The van der Waals surface area contributed by atoms with Crippen molar-refractivity contribution in [2.75, 3.05) is 19.6 Å². The summed E-state index contributed by atoms with van der Waals surface area (Å²) in [6.07, 6.45) is 5.50. The molecule has 24 heavy (non-hydrogen) atoms. The highest BCUT2D eigenvalue weighted by Crippen LogP contribution is 2.40. The fraction of sp³-hybridized carbons (Fsp3) is 0.647. The number of hydrogen-bond acceptors (Lipinski definition) is 4. The predicted molar refractivity (Wildman–Crippen MR) is 88.2 cm³/mol. The summed E-state index contributed by atoms with van der Waals surface area (Å²) < 4.78 is 1.30. The summed E-state index contributed by atoms with van der Waals surface area (Å²) in [6, 6.07) is 1.82. The van der Waals surface area contributed by atoms with Crippen LogP contribution in [0.3, 0.4) is 0 Å². The van der Waals surface area contributed by atoms with Gasteiger partial charge in [-0.3, -0.25) is 14.2 Å². The molecule has 0 aromatic carbocycles. The second-order valence-electron chi connectivity index (χ2n) is 7.07.